The highest BCUT2D eigenvalue weighted by molar-refractivity contribution is 5.36. The average Bonchev–Trinajstić information content (AvgIpc) is 2.88. The van der Waals surface area contributed by atoms with Crippen LogP contribution in [0.5, 0.6) is 5.75 Å². The molecule has 3 nitrogen and oxygen atoms in total. The van der Waals surface area contributed by atoms with E-state index in [2.05, 4.69) is 5.32 Å². The minimum atomic E-state index is -0.270. The monoisotopic (exact) mass is 249 g/mol. The molecule has 1 aromatic carbocycles. The third-order valence-corrected chi connectivity index (χ3v) is 2.83. The summed E-state index contributed by atoms with van der Waals surface area (Å²) in [7, 11) is 1.54. The molecule has 0 aliphatic rings. The third kappa shape index (κ3) is 2.71. The Kier molecular flexibility index (Phi) is 3.99. The van der Waals surface area contributed by atoms with Crippen LogP contribution in [0.2, 0.25) is 0 Å². The normalized spacial score (nSPS) is 12.4. The van der Waals surface area contributed by atoms with Gasteiger partial charge in [0.15, 0.2) is 0 Å². The summed E-state index contributed by atoms with van der Waals surface area (Å²) in [6.45, 7) is 2.44. The van der Waals surface area contributed by atoms with Gasteiger partial charge in [-0.3, -0.25) is 0 Å². The maximum Gasteiger partial charge on any atom is 0.131 e. The van der Waals surface area contributed by atoms with E-state index >= 15 is 0 Å². The molecule has 0 radical (unpaired) electrons. The number of furan rings is 1. The standard InChI is InChI=1S/C14H16FNO2/c1-10(16-9-11-5-4-8-18-11)14-12(15)6-3-7-13(14)17-2/h3-8,10,16H,9H2,1-2H3. The molecule has 2 rings (SSSR count). The lowest BCUT2D eigenvalue weighted by Crippen LogP contribution is -2.19. The Morgan fingerprint density at radius 1 is 1.33 bits per heavy atom. The number of nitrogens with one attached hydrogen (secondary N) is 1. The van der Waals surface area contributed by atoms with E-state index in [1.807, 2.05) is 19.1 Å². The number of rotatable bonds is 5. The molecule has 18 heavy (non-hydrogen) atoms. The van der Waals surface area contributed by atoms with Crippen molar-refractivity contribution in [3.63, 3.8) is 0 Å². The lowest BCUT2D eigenvalue weighted by atomic mass is 10.1. The second-order valence-corrected chi connectivity index (χ2v) is 4.04. The molecule has 4 heteroatoms. The van der Waals surface area contributed by atoms with Crippen LogP contribution in [0.4, 0.5) is 4.39 Å². The van der Waals surface area contributed by atoms with E-state index in [1.54, 1.807) is 18.4 Å². The van der Waals surface area contributed by atoms with Gasteiger partial charge in [-0.1, -0.05) is 6.07 Å². The van der Waals surface area contributed by atoms with Crippen molar-refractivity contribution < 1.29 is 13.5 Å². The van der Waals surface area contributed by atoms with E-state index in [1.165, 1.54) is 13.2 Å². The lowest BCUT2D eigenvalue weighted by Gasteiger charge is -2.17. The summed E-state index contributed by atoms with van der Waals surface area (Å²) in [5, 5.41) is 3.20. The molecular formula is C14H16FNO2. The summed E-state index contributed by atoms with van der Waals surface area (Å²) in [6.07, 6.45) is 1.62. The van der Waals surface area contributed by atoms with Crippen molar-refractivity contribution in [1.29, 1.82) is 0 Å². The number of halogens is 1. The van der Waals surface area contributed by atoms with Crippen LogP contribution in [-0.2, 0) is 6.54 Å². The summed E-state index contributed by atoms with van der Waals surface area (Å²) in [5.41, 5.74) is 0.534. The Morgan fingerprint density at radius 3 is 2.83 bits per heavy atom. The molecule has 0 bridgehead atoms. The number of hydrogen-bond donors (Lipinski definition) is 1. The van der Waals surface area contributed by atoms with Gasteiger partial charge in [-0.05, 0) is 31.2 Å². The summed E-state index contributed by atoms with van der Waals surface area (Å²) in [4.78, 5) is 0. The zero-order valence-electron chi connectivity index (χ0n) is 10.4. The molecule has 1 heterocycles. The minimum Gasteiger partial charge on any atom is -0.496 e. The zero-order chi connectivity index (χ0) is 13.0. The van der Waals surface area contributed by atoms with Crippen molar-refractivity contribution >= 4 is 0 Å². The highest BCUT2D eigenvalue weighted by Gasteiger charge is 2.16. The molecule has 1 N–H and O–H groups in total. The van der Waals surface area contributed by atoms with Crippen LogP contribution in [0.1, 0.15) is 24.3 Å². The molecule has 1 atom stereocenters. The Labute approximate surface area is 106 Å². The van der Waals surface area contributed by atoms with E-state index in [-0.39, 0.29) is 11.9 Å². The smallest absolute Gasteiger partial charge is 0.131 e. The first-order chi connectivity index (χ1) is 8.72. The number of methoxy groups -OCH3 is 1. The maximum absolute atomic E-state index is 13.8. The van der Waals surface area contributed by atoms with Crippen LogP contribution < -0.4 is 10.1 Å². The highest BCUT2D eigenvalue weighted by atomic mass is 19.1. The van der Waals surface area contributed by atoms with E-state index in [9.17, 15) is 4.39 Å². The van der Waals surface area contributed by atoms with Crippen LogP contribution in [0.3, 0.4) is 0 Å². The second kappa shape index (κ2) is 5.69. The molecule has 2 aromatic rings. The van der Waals surface area contributed by atoms with E-state index in [4.69, 9.17) is 9.15 Å². The molecule has 96 valence electrons. The van der Waals surface area contributed by atoms with Crippen molar-refractivity contribution in [2.75, 3.05) is 7.11 Å². The first-order valence-corrected chi connectivity index (χ1v) is 5.80. The van der Waals surface area contributed by atoms with Crippen LogP contribution in [0, 0.1) is 5.82 Å². The minimum absolute atomic E-state index is 0.161. The van der Waals surface area contributed by atoms with Gasteiger partial charge in [0.1, 0.15) is 17.3 Å². The van der Waals surface area contributed by atoms with E-state index in [0.717, 1.165) is 5.76 Å². The van der Waals surface area contributed by atoms with Gasteiger partial charge in [-0.25, -0.2) is 4.39 Å². The van der Waals surface area contributed by atoms with Crippen molar-refractivity contribution in [1.82, 2.24) is 5.32 Å². The predicted octanol–water partition coefficient (Wildman–Crippen LogP) is 3.28. The fraction of sp³-hybridized carbons (Fsp3) is 0.286. The van der Waals surface area contributed by atoms with Gasteiger partial charge in [0.25, 0.3) is 0 Å². The van der Waals surface area contributed by atoms with E-state index in [0.29, 0.717) is 17.9 Å². The van der Waals surface area contributed by atoms with Crippen molar-refractivity contribution in [3.05, 3.63) is 53.7 Å². The highest BCUT2D eigenvalue weighted by Crippen LogP contribution is 2.27. The summed E-state index contributed by atoms with van der Waals surface area (Å²) in [5.74, 6) is 1.10. The molecule has 0 amide bonds. The number of benzene rings is 1. The topological polar surface area (TPSA) is 34.4 Å². The quantitative estimate of drug-likeness (QED) is 0.883. The average molecular weight is 249 g/mol. The van der Waals surface area contributed by atoms with Crippen molar-refractivity contribution in [2.45, 2.75) is 19.5 Å². The lowest BCUT2D eigenvalue weighted by molar-refractivity contribution is 0.389. The van der Waals surface area contributed by atoms with Crippen LogP contribution in [0.25, 0.3) is 0 Å². The Bertz CT molecular complexity index is 497. The second-order valence-electron chi connectivity index (χ2n) is 4.04. The van der Waals surface area contributed by atoms with Gasteiger partial charge in [-0.2, -0.15) is 0 Å². The number of ether oxygens (including phenoxy) is 1. The Hall–Kier alpha value is -1.81. The summed E-state index contributed by atoms with van der Waals surface area (Å²) in [6, 6.07) is 8.36. The van der Waals surface area contributed by atoms with Gasteiger partial charge in [0, 0.05) is 11.6 Å². The summed E-state index contributed by atoms with van der Waals surface area (Å²) >= 11 is 0. The fourth-order valence-corrected chi connectivity index (χ4v) is 1.88. The van der Waals surface area contributed by atoms with Gasteiger partial charge in [0.2, 0.25) is 0 Å². The molecule has 0 spiro atoms. The van der Waals surface area contributed by atoms with Gasteiger partial charge in [-0.15, -0.1) is 0 Å². The molecule has 0 aliphatic carbocycles. The third-order valence-electron chi connectivity index (χ3n) is 2.83. The molecule has 1 aromatic heterocycles. The Balaban J connectivity index is 2.10. The van der Waals surface area contributed by atoms with Crippen LogP contribution in [0.15, 0.2) is 41.0 Å². The SMILES string of the molecule is COc1cccc(F)c1C(C)NCc1ccco1. The molecule has 0 saturated carbocycles. The molecule has 0 fully saturated rings. The van der Waals surface area contributed by atoms with Crippen molar-refractivity contribution in [2.24, 2.45) is 0 Å². The van der Waals surface area contributed by atoms with Crippen LogP contribution in [-0.4, -0.2) is 7.11 Å². The molecule has 1 unspecified atom stereocenters. The Morgan fingerprint density at radius 2 is 2.17 bits per heavy atom. The van der Waals surface area contributed by atoms with E-state index < -0.39 is 0 Å². The van der Waals surface area contributed by atoms with Crippen LogP contribution >= 0.6 is 0 Å². The maximum atomic E-state index is 13.8. The zero-order valence-corrected chi connectivity index (χ0v) is 10.4. The molecule has 0 saturated heterocycles. The molecule has 0 aliphatic heterocycles. The predicted molar refractivity (Wildman–Crippen MR) is 66.9 cm³/mol. The summed E-state index contributed by atoms with van der Waals surface area (Å²) < 4.78 is 24.2. The first-order valence-electron chi connectivity index (χ1n) is 5.80. The van der Waals surface area contributed by atoms with Gasteiger partial charge < -0.3 is 14.5 Å². The van der Waals surface area contributed by atoms with Gasteiger partial charge >= 0.3 is 0 Å². The number of hydrogen-bond acceptors (Lipinski definition) is 3. The van der Waals surface area contributed by atoms with Crippen molar-refractivity contribution in [3.8, 4) is 5.75 Å². The molecular weight excluding hydrogens is 233 g/mol. The van der Waals surface area contributed by atoms with Gasteiger partial charge in [0.05, 0.1) is 19.9 Å². The largest absolute Gasteiger partial charge is 0.496 e. The first kappa shape index (κ1) is 12.6. The fourth-order valence-electron chi connectivity index (χ4n) is 1.88.